The molecule has 1 atom stereocenters. The maximum Gasteiger partial charge on any atom is 0.328 e. The van der Waals surface area contributed by atoms with Crippen LogP contribution >= 0.6 is 7.60 Å². The van der Waals surface area contributed by atoms with E-state index < -0.39 is 7.60 Å². The van der Waals surface area contributed by atoms with Crippen LogP contribution in [0.3, 0.4) is 0 Å². The van der Waals surface area contributed by atoms with Gasteiger partial charge >= 0.3 is 7.60 Å². The van der Waals surface area contributed by atoms with Crippen LogP contribution in [0.5, 0.6) is 0 Å². The van der Waals surface area contributed by atoms with E-state index in [9.17, 15) is 9.46 Å². The topological polar surface area (TPSA) is 95.3 Å². The molecule has 0 aromatic heterocycles. The van der Waals surface area contributed by atoms with Gasteiger partial charge in [0.25, 0.3) is 0 Å². The predicted molar refractivity (Wildman–Crippen MR) is 91.1 cm³/mol. The summed E-state index contributed by atoms with van der Waals surface area (Å²) in [6, 6.07) is 0. The monoisotopic (exact) mass is 333 g/mol. The second-order valence-corrected chi connectivity index (χ2v) is 7.66. The highest BCUT2D eigenvalue weighted by Gasteiger charge is 2.17. The molecule has 0 saturated carbocycles. The van der Waals surface area contributed by atoms with Crippen LogP contribution in [0.4, 0.5) is 0 Å². The standard InChI is InChI=1S/C15H32N3O3P/c1-2-3-4-5-6-7-8-9-10-11-14-21-22(19,20)15-12-13-17-18-16/h2-15H2,1H3,(H,19,20). The Morgan fingerprint density at radius 3 is 2.09 bits per heavy atom. The minimum Gasteiger partial charge on any atom is -0.324 e. The maximum atomic E-state index is 11.6. The van der Waals surface area contributed by atoms with Gasteiger partial charge in [0.2, 0.25) is 0 Å². The van der Waals surface area contributed by atoms with E-state index in [0.717, 1.165) is 12.8 Å². The van der Waals surface area contributed by atoms with E-state index in [1.54, 1.807) is 0 Å². The highest BCUT2D eigenvalue weighted by Crippen LogP contribution is 2.42. The molecule has 22 heavy (non-hydrogen) atoms. The minimum absolute atomic E-state index is 0.0593. The number of rotatable bonds is 16. The highest BCUT2D eigenvalue weighted by atomic mass is 31.2. The van der Waals surface area contributed by atoms with E-state index in [4.69, 9.17) is 10.1 Å². The van der Waals surface area contributed by atoms with Crippen molar-refractivity contribution in [1.29, 1.82) is 0 Å². The van der Waals surface area contributed by atoms with E-state index in [2.05, 4.69) is 16.9 Å². The fraction of sp³-hybridized carbons (Fsp3) is 1.00. The zero-order chi connectivity index (χ0) is 16.5. The summed E-state index contributed by atoms with van der Waals surface area (Å²) >= 11 is 0. The summed E-state index contributed by atoms with van der Waals surface area (Å²) in [5.74, 6) is 0. The Morgan fingerprint density at radius 1 is 1.00 bits per heavy atom. The Labute approximate surface area is 134 Å². The van der Waals surface area contributed by atoms with Crippen LogP contribution in [0, 0.1) is 0 Å². The van der Waals surface area contributed by atoms with Gasteiger partial charge in [0, 0.05) is 11.5 Å². The van der Waals surface area contributed by atoms with Crippen LogP contribution in [0.15, 0.2) is 5.11 Å². The van der Waals surface area contributed by atoms with Crippen LogP contribution in [0.2, 0.25) is 0 Å². The molecule has 0 aliphatic carbocycles. The lowest BCUT2D eigenvalue weighted by Crippen LogP contribution is -1.98. The third-order valence-corrected chi connectivity index (χ3v) is 5.02. The zero-order valence-electron chi connectivity index (χ0n) is 14.0. The molecule has 0 saturated heterocycles. The first kappa shape index (κ1) is 21.5. The molecule has 130 valence electrons. The van der Waals surface area contributed by atoms with Crippen molar-refractivity contribution in [3.8, 4) is 0 Å². The Morgan fingerprint density at radius 2 is 1.55 bits per heavy atom. The number of unbranched alkanes of at least 4 members (excludes halogenated alkanes) is 9. The number of hydrogen-bond donors (Lipinski definition) is 1. The predicted octanol–water partition coefficient (Wildman–Crippen LogP) is 5.81. The lowest BCUT2D eigenvalue weighted by molar-refractivity contribution is 0.252. The molecule has 0 fully saturated rings. The van der Waals surface area contributed by atoms with Crippen LogP contribution in [0.25, 0.3) is 10.4 Å². The second-order valence-electron chi connectivity index (χ2n) is 5.68. The third-order valence-electron chi connectivity index (χ3n) is 3.55. The molecule has 0 aromatic carbocycles. The van der Waals surface area contributed by atoms with Crippen LogP contribution in [-0.4, -0.2) is 24.2 Å². The van der Waals surface area contributed by atoms with Gasteiger partial charge in [0.15, 0.2) is 0 Å². The van der Waals surface area contributed by atoms with Crippen molar-refractivity contribution in [3.05, 3.63) is 10.4 Å². The molecule has 0 rings (SSSR count). The van der Waals surface area contributed by atoms with Crippen molar-refractivity contribution in [2.45, 2.75) is 77.6 Å². The lowest BCUT2D eigenvalue weighted by Gasteiger charge is -2.11. The molecule has 0 aliphatic heterocycles. The normalized spacial score (nSPS) is 13.5. The molecule has 0 aliphatic rings. The van der Waals surface area contributed by atoms with Crippen LogP contribution in [0.1, 0.15) is 77.6 Å². The summed E-state index contributed by atoms with van der Waals surface area (Å²) in [6.45, 7) is 2.81. The minimum atomic E-state index is -3.49. The van der Waals surface area contributed by atoms with E-state index in [1.165, 1.54) is 51.4 Å². The van der Waals surface area contributed by atoms with Crippen molar-refractivity contribution >= 4 is 7.60 Å². The number of hydrogen-bond acceptors (Lipinski definition) is 3. The average Bonchev–Trinajstić information content (AvgIpc) is 2.49. The van der Waals surface area contributed by atoms with Gasteiger partial charge in [-0.1, -0.05) is 69.8 Å². The van der Waals surface area contributed by atoms with Crippen LogP contribution < -0.4 is 0 Å². The quantitative estimate of drug-likeness (QED) is 0.127. The van der Waals surface area contributed by atoms with Gasteiger partial charge in [-0.3, -0.25) is 4.57 Å². The number of azide groups is 1. The summed E-state index contributed by atoms with van der Waals surface area (Å²) in [5, 5.41) is 3.33. The molecular weight excluding hydrogens is 301 g/mol. The van der Waals surface area contributed by atoms with Gasteiger partial charge in [-0.05, 0) is 18.4 Å². The van der Waals surface area contributed by atoms with Gasteiger partial charge in [0.05, 0.1) is 12.8 Å². The SMILES string of the molecule is CCCCCCCCCCCCOP(=O)(O)CCCN=[N+]=[N-]. The first-order valence-electron chi connectivity index (χ1n) is 8.59. The smallest absolute Gasteiger partial charge is 0.324 e. The molecule has 0 aromatic rings. The maximum absolute atomic E-state index is 11.6. The van der Waals surface area contributed by atoms with Crippen molar-refractivity contribution < 1.29 is 14.0 Å². The molecule has 6 nitrogen and oxygen atoms in total. The van der Waals surface area contributed by atoms with E-state index in [-0.39, 0.29) is 12.7 Å². The zero-order valence-corrected chi connectivity index (χ0v) is 14.8. The Hall–Kier alpha value is -0.540. The molecule has 0 amide bonds. The molecule has 0 heterocycles. The van der Waals surface area contributed by atoms with Crippen molar-refractivity contribution in [1.82, 2.24) is 0 Å². The number of nitrogens with zero attached hydrogens (tertiary/aromatic N) is 3. The average molecular weight is 333 g/mol. The van der Waals surface area contributed by atoms with Gasteiger partial charge in [-0.2, -0.15) is 0 Å². The fourth-order valence-corrected chi connectivity index (χ4v) is 3.33. The summed E-state index contributed by atoms with van der Waals surface area (Å²) in [7, 11) is -3.49. The van der Waals surface area contributed by atoms with Gasteiger partial charge in [0.1, 0.15) is 0 Å². The molecule has 0 radical (unpaired) electrons. The molecular formula is C15H32N3O3P. The highest BCUT2D eigenvalue weighted by molar-refractivity contribution is 7.52. The molecule has 0 bridgehead atoms. The van der Waals surface area contributed by atoms with Gasteiger partial charge in [-0.15, -0.1) is 0 Å². The van der Waals surface area contributed by atoms with Crippen molar-refractivity contribution in [3.63, 3.8) is 0 Å². The Kier molecular flexibility index (Phi) is 15.0. The molecule has 1 unspecified atom stereocenters. The molecule has 1 N–H and O–H groups in total. The fourth-order valence-electron chi connectivity index (χ4n) is 2.25. The van der Waals surface area contributed by atoms with E-state index >= 15 is 0 Å². The van der Waals surface area contributed by atoms with Crippen molar-refractivity contribution in [2.24, 2.45) is 5.11 Å². The molecule has 7 heteroatoms. The second kappa shape index (κ2) is 15.4. The van der Waals surface area contributed by atoms with E-state index in [0.29, 0.717) is 13.0 Å². The molecule has 0 spiro atoms. The van der Waals surface area contributed by atoms with E-state index in [1.807, 2.05) is 0 Å². The summed E-state index contributed by atoms with van der Waals surface area (Å²) in [5.41, 5.74) is 8.11. The first-order valence-corrected chi connectivity index (χ1v) is 10.4. The first-order chi connectivity index (χ1) is 10.6. The van der Waals surface area contributed by atoms with Gasteiger partial charge in [-0.25, -0.2) is 0 Å². The van der Waals surface area contributed by atoms with Crippen molar-refractivity contribution in [2.75, 3.05) is 19.3 Å². The Bertz CT molecular complexity index is 347. The lowest BCUT2D eigenvalue weighted by atomic mass is 10.1. The Balaban J connectivity index is 3.33. The largest absolute Gasteiger partial charge is 0.328 e. The summed E-state index contributed by atoms with van der Waals surface area (Å²) < 4.78 is 16.7. The summed E-state index contributed by atoms with van der Waals surface area (Å²) in [4.78, 5) is 12.2. The summed E-state index contributed by atoms with van der Waals surface area (Å²) in [6.07, 6.45) is 12.7. The van der Waals surface area contributed by atoms with Gasteiger partial charge < -0.3 is 9.42 Å². The third kappa shape index (κ3) is 15.8. The van der Waals surface area contributed by atoms with Crippen LogP contribution in [-0.2, 0) is 9.09 Å².